The van der Waals surface area contributed by atoms with Crippen LogP contribution in [0.4, 0.5) is 5.82 Å². The normalized spacial score (nSPS) is 24.4. The van der Waals surface area contributed by atoms with Gasteiger partial charge in [-0.25, -0.2) is 4.98 Å². The van der Waals surface area contributed by atoms with E-state index in [0.717, 1.165) is 25.7 Å². The van der Waals surface area contributed by atoms with E-state index in [9.17, 15) is 4.79 Å². The Morgan fingerprint density at radius 3 is 3.06 bits per heavy atom. The largest absolute Gasteiger partial charge is 0.328 e. The SMILES string of the molecule is NC1CCCC(C(=O)Nc2cc(Cl)ccn2)C1. The van der Waals surface area contributed by atoms with Crippen molar-refractivity contribution in [2.45, 2.75) is 31.7 Å². The number of hydrogen-bond donors (Lipinski definition) is 2. The van der Waals surface area contributed by atoms with E-state index in [1.54, 1.807) is 18.3 Å². The molecule has 1 amide bonds. The van der Waals surface area contributed by atoms with E-state index < -0.39 is 0 Å². The van der Waals surface area contributed by atoms with Gasteiger partial charge in [0.15, 0.2) is 0 Å². The van der Waals surface area contributed by atoms with Crippen LogP contribution >= 0.6 is 11.6 Å². The average molecular weight is 254 g/mol. The zero-order chi connectivity index (χ0) is 12.3. The van der Waals surface area contributed by atoms with Crippen molar-refractivity contribution in [1.29, 1.82) is 0 Å². The van der Waals surface area contributed by atoms with Gasteiger partial charge in [-0.2, -0.15) is 0 Å². The maximum atomic E-state index is 12.0. The number of nitrogens with zero attached hydrogens (tertiary/aromatic N) is 1. The smallest absolute Gasteiger partial charge is 0.228 e. The first-order valence-corrected chi connectivity index (χ1v) is 6.21. The van der Waals surface area contributed by atoms with Gasteiger partial charge in [-0.1, -0.05) is 18.0 Å². The fourth-order valence-corrected chi connectivity index (χ4v) is 2.33. The van der Waals surface area contributed by atoms with Crippen molar-refractivity contribution < 1.29 is 4.79 Å². The van der Waals surface area contributed by atoms with Gasteiger partial charge in [-0.15, -0.1) is 0 Å². The van der Waals surface area contributed by atoms with Gasteiger partial charge in [0.1, 0.15) is 5.82 Å². The molecule has 2 atom stereocenters. The van der Waals surface area contributed by atoms with Gasteiger partial charge in [-0.05, 0) is 31.4 Å². The Kier molecular flexibility index (Phi) is 3.97. The molecule has 5 heteroatoms. The molecular formula is C12H16ClN3O. The first-order valence-electron chi connectivity index (χ1n) is 5.83. The first kappa shape index (κ1) is 12.3. The lowest BCUT2D eigenvalue weighted by Gasteiger charge is -2.25. The zero-order valence-corrected chi connectivity index (χ0v) is 10.3. The highest BCUT2D eigenvalue weighted by molar-refractivity contribution is 6.30. The van der Waals surface area contributed by atoms with Gasteiger partial charge in [-0.3, -0.25) is 4.79 Å². The van der Waals surface area contributed by atoms with Crippen LogP contribution in [0.25, 0.3) is 0 Å². The predicted molar refractivity (Wildman–Crippen MR) is 67.8 cm³/mol. The first-order chi connectivity index (χ1) is 8.15. The fraction of sp³-hybridized carbons (Fsp3) is 0.500. The van der Waals surface area contributed by atoms with Crippen LogP contribution in [-0.2, 0) is 4.79 Å². The number of carbonyl (C=O) groups excluding carboxylic acids is 1. The lowest BCUT2D eigenvalue weighted by Crippen LogP contribution is -2.34. The third kappa shape index (κ3) is 3.41. The van der Waals surface area contributed by atoms with Crippen LogP contribution in [0, 0.1) is 5.92 Å². The molecule has 1 aromatic heterocycles. The molecule has 0 aromatic carbocycles. The molecule has 0 bridgehead atoms. The number of aromatic nitrogens is 1. The maximum absolute atomic E-state index is 12.0. The van der Waals surface area contributed by atoms with Crippen molar-refractivity contribution in [3.05, 3.63) is 23.4 Å². The van der Waals surface area contributed by atoms with Gasteiger partial charge < -0.3 is 11.1 Å². The monoisotopic (exact) mass is 253 g/mol. The van der Waals surface area contributed by atoms with Crippen LogP contribution in [-0.4, -0.2) is 16.9 Å². The molecule has 0 radical (unpaired) electrons. The minimum absolute atomic E-state index is 0.000434. The van der Waals surface area contributed by atoms with Crippen molar-refractivity contribution >= 4 is 23.3 Å². The Hall–Kier alpha value is -1.13. The van der Waals surface area contributed by atoms with Crippen LogP contribution in [0.3, 0.4) is 0 Å². The van der Waals surface area contributed by atoms with E-state index in [0.29, 0.717) is 10.8 Å². The van der Waals surface area contributed by atoms with Gasteiger partial charge >= 0.3 is 0 Å². The molecule has 17 heavy (non-hydrogen) atoms. The number of halogens is 1. The standard InChI is InChI=1S/C12H16ClN3O/c13-9-4-5-15-11(7-9)16-12(17)8-2-1-3-10(14)6-8/h4-5,7-8,10H,1-3,6,14H2,(H,15,16,17). The number of nitrogens with one attached hydrogen (secondary N) is 1. The number of rotatable bonds is 2. The van der Waals surface area contributed by atoms with Gasteiger partial charge in [0, 0.05) is 23.2 Å². The summed E-state index contributed by atoms with van der Waals surface area (Å²) in [5.74, 6) is 0.496. The van der Waals surface area contributed by atoms with E-state index in [-0.39, 0.29) is 17.9 Å². The molecule has 0 aliphatic heterocycles. The molecule has 1 aliphatic rings. The Morgan fingerprint density at radius 2 is 2.35 bits per heavy atom. The topological polar surface area (TPSA) is 68.0 Å². The summed E-state index contributed by atoms with van der Waals surface area (Å²) >= 11 is 5.83. The van der Waals surface area contributed by atoms with E-state index >= 15 is 0 Å². The minimum Gasteiger partial charge on any atom is -0.328 e. The molecule has 0 spiro atoms. The number of nitrogens with two attached hydrogens (primary N) is 1. The fourth-order valence-electron chi connectivity index (χ4n) is 2.17. The van der Waals surface area contributed by atoms with Gasteiger partial charge in [0.2, 0.25) is 5.91 Å². The second kappa shape index (κ2) is 5.47. The highest BCUT2D eigenvalue weighted by Gasteiger charge is 2.25. The molecule has 0 saturated heterocycles. The van der Waals surface area contributed by atoms with Crippen LogP contribution in [0.2, 0.25) is 5.02 Å². The molecular weight excluding hydrogens is 238 g/mol. The quantitative estimate of drug-likeness (QED) is 0.849. The van der Waals surface area contributed by atoms with Crippen molar-refractivity contribution in [2.75, 3.05) is 5.32 Å². The Balaban J connectivity index is 1.96. The van der Waals surface area contributed by atoms with E-state index in [1.165, 1.54) is 0 Å². The third-order valence-corrected chi connectivity index (χ3v) is 3.29. The summed E-state index contributed by atoms with van der Waals surface area (Å²) in [5, 5.41) is 3.35. The third-order valence-electron chi connectivity index (χ3n) is 3.06. The maximum Gasteiger partial charge on any atom is 0.228 e. The molecule has 2 unspecified atom stereocenters. The average Bonchev–Trinajstić information content (AvgIpc) is 2.29. The second-order valence-corrected chi connectivity index (χ2v) is 4.91. The molecule has 1 heterocycles. The highest BCUT2D eigenvalue weighted by Crippen LogP contribution is 2.24. The van der Waals surface area contributed by atoms with Crippen molar-refractivity contribution in [2.24, 2.45) is 11.7 Å². The summed E-state index contributed by atoms with van der Waals surface area (Å²) < 4.78 is 0. The molecule has 4 nitrogen and oxygen atoms in total. The Morgan fingerprint density at radius 1 is 1.53 bits per heavy atom. The predicted octanol–water partition coefficient (Wildman–Crippen LogP) is 2.19. The second-order valence-electron chi connectivity index (χ2n) is 4.47. The molecule has 92 valence electrons. The van der Waals surface area contributed by atoms with Crippen LogP contribution < -0.4 is 11.1 Å². The van der Waals surface area contributed by atoms with Crippen molar-refractivity contribution in [3.8, 4) is 0 Å². The molecule has 2 rings (SSSR count). The Labute approximate surface area is 106 Å². The molecule has 1 fully saturated rings. The zero-order valence-electron chi connectivity index (χ0n) is 9.53. The van der Waals surface area contributed by atoms with E-state index in [2.05, 4.69) is 10.3 Å². The summed E-state index contributed by atoms with van der Waals surface area (Å²) in [7, 11) is 0. The lowest BCUT2D eigenvalue weighted by atomic mass is 9.85. The van der Waals surface area contributed by atoms with Gasteiger partial charge in [0.25, 0.3) is 0 Å². The number of pyridine rings is 1. The van der Waals surface area contributed by atoms with Crippen LogP contribution in [0.1, 0.15) is 25.7 Å². The molecule has 1 aliphatic carbocycles. The van der Waals surface area contributed by atoms with Crippen LogP contribution in [0.5, 0.6) is 0 Å². The minimum atomic E-state index is -0.00471. The Bertz CT molecular complexity index is 410. The number of hydrogen-bond acceptors (Lipinski definition) is 3. The summed E-state index contributed by atoms with van der Waals surface area (Å²) in [6.07, 6.45) is 5.26. The lowest BCUT2D eigenvalue weighted by molar-refractivity contribution is -0.120. The van der Waals surface area contributed by atoms with Crippen LogP contribution in [0.15, 0.2) is 18.3 Å². The van der Waals surface area contributed by atoms with Crippen molar-refractivity contribution in [3.63, 3.8) is 0 Å². The van der Waals surface area contributed by atoms with E-state index in [4.69, 9.17) is 17.3 Å². The van der Waals surface area contributed by atoms with Crippen molar-refractivity contribution in [1.82, 2.24) is 4.98 Å². The van der Waals surface area contributed by atoms with E-state index in [1.807, 2.05) is 0 Å². The molecule has 3 N–H and O–H groups in total. The summed E-state index contributed by atoms with van der Waals surface area (Å²) in [5.41, 5.74) is 5.86. The number of anilines is 1. The summed E-state index contributed by atoms with van der Waals surface area (Å²) in [6.45, 7) is 0. The molecule has 1 saturated carbocycles. The summed E-state index contributed by atoms with van der Waals surface area (Å²) in [6, 6.07) is 3.46. The number of amides is 1. The highest BCUT2D eigenvalue weighted by atomic mass is 35.5. The summed E-state index contributed by atoms with van der Waals surface area (Å²) in [4.78, 5) is 16.0. The number of carbonyl (C=O) groups is 1. The van der Waals surface area contributed by atoms with Gasteiger partial charge in [0.05, 0.1) is 0 Å². The molecule has 1 aromatic rings.